The highest BCUT2D eigenvalue weighted by atomic mass is 79.9. The Morgan fingerprint density at radius 1 is 1.05 bits per heavy atom. The molecule has 2 rings (SSSR count). The molecule has 0 aliphatic carbocycles. The normalized spacial score (nSPS) is 12.1. The Morgan fingerprint density at radius 3 is 2.57 bits per heavy atom. The molecular formula is C18H22BrNO. The third kappa shape index (κ3) is 5.90. The third-order valence-electron chi connectivity index (χ3n) is 3.52. The minimum absolute atomic E-state index is 0.513. The number of ether oxygens (including phenoxy) is 1. The highest BCUT2D eigenvalue weighted by Gasteiger charge is 2.08. The molecule has 0 amide bonds. The van der Waals surface area contributed by atoms with E-state index < -0.39 is 0 Å². The zero-order chi connectivity index (χ0) is 14.9. The van der Waals surface area contributed by atoms with Crippen LogP contribution in [-0.2, 0) is 6.42 Å². The molecule has 0 fully saturated rings. The van der Waals surface area contributed by atoms with Crippen LogP contribution in [0.5, 0.6) is 5.75 Å². The first kappa shape index (κ1) is 16.1. The average molecular weight is 348 g/mol. The van der Waals surface area contributed by atoms with Crippen LogP contribution in [0.15, 0.2) is 59.1 Å². The van der Waals surface area contributed by atoms with Crippen molar-refractivity contribution in [2.75, 3.05) is 13.2 Å². The van der Waals surface area contributed by atoms with Gasteiger partial charge in [0.1, 0.15) is 5.75 Å². The van der Waals surface area contributed by atoms with Gasteiger partial charge in [-0.25, -0.2) is 0 Å². The fraction of sp³-hybridized carbons (Fsp3) is 0.333. The smallest absolute Gasteiger partial charge is 0.119 e. The summed E-state index contributed by atoms with van der Waals surface area (Å²) in [6, 6.07) is 18.4. The van der Waals surface area contributed by atoms with Crippen LogP contribution in [0.25, 0.3) is 0 Å². The van der Waals surface area contributed by atoms with Crippen molar-refractivity contribution < 1.29 is 4.74 Å². The average Bonchev–Trinajstić information content (AvgIpc) is 2.51. The quantitative estimate of drug-likeness (QED) is 0.717. The van der Waals surface area contributed by atoms with Crippen molar-refractivity contribution in [2.45, 2.75) is 19.3 Å². The van der Waals surface area contributed by atoms with Crippen molar-refractivity contribution in [3.8, 4) is 5.75 Å². The lowest BCUT2D eigenvalue weighted by atomic mass is 9.95. The first-order valence-electron chi connectivity index (χ1n) is 7.40. The first-order chi connectivity index (χ1) is 10.3. The van der Waals surface area contributed by atoms with Gasteiger partial charge in [0.15, 0.2) is 0 Å². The molecule has 0 aromatic heterocycles. The van der Waals surface area contributed by atoms with Gasteiger partial charge in [0.25, 0.3) is 0 Å². The summed E-state index contributed by atoms with van der Waals surface area (Å²) in [6.07, 6.45) is 3.15. The van der Waals surface area contributed by atoms with E-state index in [4.69, 9.17) is 10.5 Å². The van der Waals surface area contributed by atoms with E-state index in [2.05, 4.69) is 40.2 Å². The molecule has 0 aliphatic rings. The number of benzene rings is 2. The summed E-state index contributed by atoms with van der Waals surface area (Å²) in [4.78, 5) is 0. The maximum Gasteiger partial charge on any atom is 0.119 e. The van der Waals surface area contributed by atoms with E-state index >= 15 is 0 Å². The van der Waals surface area contributed by atoms with Crippen LogP contribution in [0.4, 0.5) is 0 Å². The number of nitrogens with two attached hydrogens (primary N) is 1. The van der Waals surface area contributed by atoms with Gasteiger partial charge in [-0.3, -0.25) is 0 Å². The second-order valence-electron chi connectivity index (χ2n) is 5.24. The van der Waals surface area contributed by atoms with E-state index in [1.165, 1.54) is 5.56 Å². The largest absolute Gasteiger partial charge is 0.494 e. The Kier molecular flexibility index (Phi) is 6.77. The first-order valence-corrected chi connectivity index (χ1v) is 8.19. The van der Waals surface area contributed by atoms with Gasteiger partial charge in [-0.05, 0) is 61.6 Å². The van der Waals surface area contributed by atoms with Gasteiger partial charge in [-0.1, -0.05) is 46.3 Å². The van der Waals surface area contributed by atoms with E-state index in [-0.39, 0.29) is 0 Å². The van der Waals surface area contributed by atoms with Gasteiger partial charge in [-0.2, -0.15) is 0 Å². The van der Waals surface area contributed by atoms with E-state index in [0.29, 0.717) is 5.92 Å². The van der Waals surface area contributed by atoms with Crippen molar-refractivity contribution in [1.82, 2.24) is 0 Å². The summed E-state index contributed by atoms with van der Waals surface area (Å²) in [6.45, 7) is 1.47. The van der Waals surface area contributed by atoms with Crippen LogP contribution in [-0.4, -0.2) is 13.2 Å². The molecule has 2 aromatic rings. The lowest BCUT2D eigenvalue weighted by Crippen LogP contribution is -2.17. The SMILES string of the molecule is NCC(CCCOc1ccccc1)Cc1cccc(Br)c1. The monoisotopic (exact) mass is 347 g/mol. The molecule has 0 aliphatic heterocycles. The molecule has 3 heteroatoms. The van der Waals surface area contributed by atoms with Gasteiger partial charge in [0.05, 0.1) is 6.61 Å². The van der Waals surface area contributed by atoms with Crippen LogP contribution in [0.2, 0.25) is 0 Å². The van der Waals surface area contributed by atoms with Crippen LogP contribution >= 0.6 is 15.9 Å². The predicted octanol–water partition coefficient (Wildman–Crippen LogP) is 4.43. The molecule has 2 nitrogen and oxygen atoms in total. The zero-order valence-corrected chi connectivity index (χ0v) is 13.8. The molecule has 0 saturated heterocycles. The minimum atomic E-state index is 0.513. The van der Waals surface area contributed by atoms with E-state index in [0.717, 1.165) is 42.6 Å². The molecule has 112 valence electrons. The van der Waals surface area contributed by atoms with E-state index in [1.54, 1.807) is 0 Å². The van der Waals surface area contributed by atoms with Crippen molar-refractivity contribution in [1.29, 1.82) is 0 Å². The summed E-state index contributed by atoms with van der Waals surface area (Å²) in [5, 5.41) is 0. The van der Waals surface area contributed by atoms with Crippen LogP contribution in [0.1, 0.15) is 18.4 Å². The third-order valence-corrected chi connectivity index (χ3v) is 4.01. The predicted molar refractivity (Wildman–Crippen MR) is 91.6 cm³/mol. The summed E-state index contributed by atoms with van der Waals surface area (Å²) in [5.41, 5.74) is 7.24. The summed E-state index contributed by atoms with van der Waals surface area (Å²) >= 11 is 3.51. The van der Waals surface area contributed by atoms with Crippen molar-refractivity contribution >= 4 is 15.9 Å². The van der Waals surface area contributed by atoms with Gasteiger partial charge >= 0.3 is 0 Å². The lowest BCUT2D eigenvalue weighted by Gasteiger charge is -2.15. The number of hydrogen-bond donors (Lipinski definition) is 1. The number of halogens is 1. The maximum atomic E-state index is 5.90. The molecule has 2 N–H and O–H groups in total. The second-order valence-corrected chi connectivity index (χ2v) is 6.16. The molecule has 1 unspecified atom stereocenters. The summed E-state index contributed by atoms with van der Waals surface area (Å²) in [7, 11) is 0. The summed E-state index contributed by atoms with van der Waals surface area (Å²) < 4.78 is 6.85. The molecular weight excluding hydrogens is 326 g/mol. The Morgan fingerprint density at radius 2 is 1.86 bits per heavy atom. The van der Waals surface area contributed by atoms with Gasteiger partial charge < -0.3 is 10.5 Å². The molecule has 0 bridgehead atoms. The van der Waals surface area contributed by atoms with Crippen molar-refractivity contribution in [2.24, 2.45) is 11.7 Å². The lowest BCUT2D eigenvalue weighted by molar-refractivity contribution is 0.292. The van der Waals surface area contributed by atoms with Gasteiger partial charge in [-0.15, -0.1) is 0 Å². The molecule has 1 atom stereocenters. The van der Waals surface area contributed by atoms with Crippen molar-refractivity contribution in [3.05, 3.63) is 64.6 Å². The molecule has 0 heterocycles. The van der Waals surface area contributed by atoms with Crippen LogP contribution in [0.3, 0.4) is 0 Å². The van der Waals surface area contributed by atoms with Gasteiger partial charge in [0.2, 0.25) is 0 Å². The second kappa shape index (κ2) is 8.85. The van der Waals surface area contributed by atoms with Crippen LogP contribution < -0.4 is 10.5 Å². The fourth-order valence-electron chi connectivity index (χ4n) is 2.38. The molecule has 21 heavy (non-hydrogen) atoms. The molecule has 2 aromatic carbocycles. The molecule has 0 spiro atoms. The van der Waals surface area contributed by atoms with E-state index in [9.17, 15) is 0 Å². The molecule has 0 saturated carbocycles. The Balaban J connectivity index is 1.72. The van der Waals surface area contributed by atoms with Gasteiger partial charge in [0, 0.05) is 4.47 Å². The van der Waals surface area contributed by atoms with E-state index in [1.807, 2.05) is 30.3 Å². The zero-order valence-electron chi connectivity index (χ0n) is 12.2. The van der Waals surface area contributed by atoms with Crippen LogP contribution in [0, 0.1) is 5.92 Å². The summed E-state index contributed by atoms with van der Waals surface area (Å²) in [5.74, 6) is 1.45. The Hall–Kier alpha value is -1.32. The number of rotatable bonds is 8. The maximum absolute atomic E-state index is 5.90. The minimum Gasteiger partial charge on any atom is -0.494 e. The number of hydrogen-bond acceptors (Lipinski definition) is 2. The highest BCUT2D eigenvalue weighted by Crippen LogP contribution is 2.18. The number of para-hydroxylation sites is 1. The van der Waals surface area contributed by atoms with Crippen molar-refractivity contribution in [3.63, 3.8) is 0 Å². The Labute approximate surface area is 135 Å². The topological polar surface area (TPSA) is 35.2 Å². The molecule has 0 radical (unpaired) electrons. The highest BCUT2D eigenvalue weighted by molar-refractivity contribution is 9.10. The Bertz CT molecular complexity index is 530. The standard InChI is InChI=1S/C18H22BrNO/c19-17-8-4-6-15(13-17)12-16(14-20)7-5-11-21-18-9-2-1-3-10-18/h1-4,6,8-10,13,16H,5,7,11-12,14,20H2. The fourth-order valence-corrected chi connectivity index (χ4v) is 2.83.